The molecule has 2 unspecified atom stereocenters. The van der Waals surface area contributed by atoms with E-state index in [1.54, 1.807) is 35.9 Å². The van der Waals surface area contributed by atoms with Gasteiger partial charge in [-0.05, 0) is 51.9 Å². The number of nitrogens with zero attached hydrogens (tertiary/aromatic N) is 3. The van der Waals surface area contributed by atoms with Crippen LogP contribution in [0.25, 0.3) is 0 Å². The quantitative estimate of drug-likeness (QED) is 0.307. The van der Waals surface area contributed by atoms with Crippen LogP contribution in [0.5, 0.6) is 0 Å². The molecule has 8 heteroatoms. The van der Waals surface area contributed by atoms with Gasteiger partial charge in [0.05, 0.1) is 16.6 Å². The first-order chi connectivity index (χ1) is 17.8. The molecule has 1 spiro atoms. The Balaban J connectivity index is 1.72. The molecule has 4 aliphatic rings. The Morgan fingerprint density at radius 2 is 1.78 bits per heavy atom. The first-order valence-corrected chi connectivity index (χ1v) is 15.0. The fourth-order valence-corrected chi connectivity index (χ4v) is 9.87. The lowest BCUT2D eigenvalue weighted by Gasteiger charge is -2.41. The number of aliphatic hydroxyl groups is 1. The molecule has 206 valence electrons. The summed E-state index contributed by atoms with van der Waals surface area (Å²) < 4.78 is -0.939. The second kappa shape index (κ2) is 11.5. The van der Waals surface area contributed by atoms with E-state index in [4.69, 9.17) is 0 Å². The van der Waals surface area contributed by atoms with Gasteiger partial charge in [-0.3, -0.25) is 14.4 Å². The zero-order chi connectivity index (χ0) is 26.8. The average Bonchev–Trinajstić information content (AvgIpc) is 3.45. The molecule has 3 heterocycles. The Labute approximate surface area is 226 Å². The number of thioether (sulfide) groups is 1. The van der Waals surface area contributed by atoms with Crippen molar-refractivity contribution in [2.24, 2.45) is 11.8 Å². The number of unbranched alkanes of at least 4 members (excludes halogenated alkanes) is 2. The molecule has 3 saturated heterocycles. The molecule has 5 atom stereocenters. The second-order valence-electron chi connectivity index (χ2n) is 11.6. The van der Waals surface area contributed by atoms with Gasteiger partial charge in [0.15, 0.2) is 0 Å². The van der Waals surface area contributed by atoms with Crippen LogP contribution in [0, 0.1) is 11.8 Å². The minimum Gasteiger partial charge on any atom is -0.396 e. The first-order valence-electron chi connectivity index (χ1n) is 14.1. The number of likely N-dealkylation sites (tertiary alicyclic amines) is 1. The van der Waals surface area contributed by atoms with Crippen LogP contribution in [-0.2, 0) is 14.4 Å². The van der Waals surface area contributed by atoms with Gasteiger partial charge in [0, 0.05) is 44.1 Å². The predicted molar refractivity (Wildman–Crippen MR) is 148 cm³/mol. The van der Waals surface area contributed by atoms with Crippen LogP contribution >= 0.6 is 11.8 Å². The van der Waals surface area contributed by atoms with E-state index in [0.717, 1.165) is 51.4 Å². The number of hydrogen-bond donors (Lipinski definition) is 1. The highest BCUT2D eigenvalue weighted by Gasteiger charge is 2.77. The number of carbonyl (C=O) groups excluding carboxylic acids is 3. The zero-order valence-electron chi connectivity index (χ0n) is 22.7. The number of rotatable bonds is 12. The van der Waals surface area contributed by atoms with Crippen LogP contribution in [0.4, 0.5) is 0 Å². The molecule has 0 aromatic rings. The highest BCUT2D eigenvalue weighted by atomic mass is 32.2. The lowest BCUT2D eigenvalue weighted by molar-refractivity contribution is -0.145. The van der Waals surface area contributed by atoms with Crippen LogP contribution in [0.15, 0.2) is 25.3 Å². The summed E-state index contributed by atoms with van der Waals surface area (Å²) in [5, 5.41) is 9.26. The summed E-state index contributed by atoms with van der Waals surface area (Å²) >= 11 is 1.74. The van der Waals surface area contributed by atoms with Crippen LogP contribution in [-0.4, -0.2) is 92.4 Å². The maximum atomic E-state index is 14.5. The van der Waals surface area contributed by atoms with Crippen molar-refractivity contribution in [3.63, 3.8) is 0 Å². The van der Waals surface area contributed by atoms with E-state index in [0.29, 0.717) is 26.1 Å². The topological polar surface area (TPSA) is 81.2 Å². The number of likely N-dealkylation sites (N-methyl/N-ethyl adjacent to an activating group) is 1. The van der Waals surface area contributed by atoms with Crippen LogP contribution in [0.3, 0.4) is 0 Å². The van der Waals surface area contributed by atoms with E-state index < -0.39 is 22.6 Å². The highest BCUT2D eigenvalue weighted by Crippen LogP contribution is 2.71. The molecule has 2 bridgehead atoms. The monoisotopic (exact) mass is 531 g/mol. The Morgan fingerprint density at radius 1 is 1.08 bits per heavy atom. The predicted octanol–water partition coefficient (Wildman–Crippen LogP) is 3.62. The Morgan fingerprint density at radius 3 is 2.43 bits per heavy atom. The minimum atomic E-state index is -0.580. The van der Waals surface area contributed by atoms with E-state index in [-0.39, 0.29) is 35.1 Å². The molecule has 1 saturated carbocycles. The van der Waals surface area contributed by atoms with Crippen LogP contribution < -0.4 is 0 Å². The van der Waals surface area contributed by atoms with E-state index in [1.807, 2.05) is 9.80 Å². The molecule has 4 fully saturated rings. The van der Waals surface area contributed by atoms with Gasteiger partial charge < -0.3 is 19.8 Å². The summed E-state index contributed by atoms with van der Waals surface area (Å²) in [7, 11) is 1.78. The van der Waals surface area contributed by atoms with Gasteiger partial charge in [0.1, 0.15) is 6.04 Å². The molecule has 1 aliphatic carbocycles. The SMILES string of the molecule is C=CCN(C)C(=O)[C@@H]1[C@H]2C(=O)N(CCCCCO)C(C(=O)N(CC=C)C3CCCCC3)C23CC[C@@]1(C)S3. The van der Waals surface area contributed by atoms with Gasteiger partial charge in [0.2, 0.25) is 17.7 Å². The van der Waals surface area contributed by atoms with Crippen LogP contribution in [0.1, 0.15) is 71.1 Å². The Bertz CT molecular complexity index is 906. The summed E-state index contributed by atoms with van der Waals surface area (Å²) in [5.74, 6) is -0.943. The fourth-order valence-electron chi connectivity index (χ4n) is 7.52. The van der Waals surface area contributed by atoms with Crippen molar-refractivity contribution < 1.29 is 19.5 Å². The van der Waals surface area contributed by atoms with Crippen molar-refractivity contribution >= 4 is 29.5 Å². The van der Waals surface area contributed by atoms with Crippen molar-refractivity contribution in [2.45, 2.75) is 92.7 Å². The maximum Gasteiger partial charge on any atom is 0.247 e. The van der Waals surface area contributed by atoms with Crippen molar-refractivity contribution in [2.75, 3.05) is 33.3 Å². The number of hydrogen-bond acceptors (Lipinski definition) is 5. The molecule has 1 N–H and O–H groups in total. The lowest BCUT2D eigenvalue weighted by atomic mass is 9.66. The molecule has 3 amide bonds. The molecule has 0 radical (unpaired) electrons. The third kappa shape index (κ3) is 4.88. The molecule has 4 rings (SSSR count). The van der Waals surface area contributed by atoms with E-state index in [2.05, 4.69) is 20.1 Å². The largest absolute Gasteiger partial charge is 0.396 e. The van der Waals surface area contributed by atoms with Gasteiger partial charge in [-0.1, -0.05) is 31.4 Å². The van der Waals surface area contributed by atoms with E-state index >= 15 is 0 Å². The number of carbonyl (C=O) groups is 3. The molecule has 3 aliphatic heterocycles. The average molecular weight is 532 g/mol. The Hall–Kier alpha value is -1.80. The van der Waals surface area contributed by atoms with Crippen molar-refractivity contribution in [3.05, 3.63) is 25.3 Å². The lowest BCUT2D eigenvalue weighted by Crippen LogP contribution is -2.57. The summed E-state index contributed by atoms with van der Waals surface area (Å²) in [4.78, 5) is 48.0. The summed E-state index contributed by atoms with van der Waals surface area (Å²) in [6, 6.07) is -0.383. The molecule has 7 nitrogen and oxygen atoms in total. The molecular formula is C29H45N3O4S. The van der Waals surface area contributed by atoms with Gasteiger partial charge >= 0.3 is 0 Å². The third-order valence-electron chi connectivity index (χ3n) is 9.24. The summed E-state index contributed by atoms with van der Waals surface area (Å²) in [6.45, 7) is 11.4. The third-order valence-corrected chi connectivity index (χ3v) is 11.2. The maximum absolute atomic E-state index is 14.5. The number of aliphatic hydroxyl groups excluding tert-OH is 1. The van der Waals surface area contributed by atoms with Crippen LogP contribution in [0.2, 0.25) is 0 Å². The molecule has 0 aromatic heterocycles. The normalized spacial score (nSPS) is 32.9. The minimum absolute atomic E-state index is 0.0154. The fraction of sp³-hybridized carbons (Fsp3) is 0.759. The van der Waals surface area contributed by atoms with Gasteiger partial charge in [-0.15, -0.1) is 24.9 Å². The van der Waals surface area contributed by atoms with Gasteiger partial charge in [0.25, 0.3) is 0 Å². The number of fused-ring (bicyclic) bond motifs is 1. The highest BCUT2D eigenvalue weighted by molar-refractivity contribution is 8.02. The van der Waals surface area contributed by atoms with Crippen molar-refractivity contribution in [1.29, 1.82) is 0 Å². The first kappa shape index (κ1) is 28.2. The molecule has 37 heavy (non-hydrogen) atoms. The molecular weight excluding hydrogens is 486 g/mol. The van der Waals surface area contributed by atoms with Crippen molar-refractivity contribution in [3.8, 4) is 0 Å². The van der Waals surface area contributed by atoms with Gasteiger partial charge in [-0.2, -0.15) is 0 Å². The number of amides is 3. The van der Waals surface area contributed by atoms with E-state index in [9.17, 15) is 19.5 Å². The summed E-state index contributed by atoms with van der Waals surface area (Å²) in [5.41, 5.74) is 0. The van der Waals surface area contributed by atoms with E-state index in [1.165, 1.54) is 6.42 Å². The second-order valence-corrected chi connectivity index (χ2v) is 13.5. The Kier molecular flexibility index (Phi) is 8.79. The van der Waals surface area contributed by atoms with Crippen molar-refractivity contribution in [1.82, 2.24) is 14.7 Å². The summed E-state index contributed by atoms with van der Waals surface area (Å²) in [6.07, 6.45) is 12.8. The standard InChI is InChI=1S/C29H45N3O4S/c1-5-17-30(4)25(34)22-23-26(35)32(19-11-8-12-20-33)24(29(23)16-15-28(22,3)37-29)27(36)31(18-6-2)21-13-9-7-10-14-21/h5-6,21-24,33H,1-2,7-20H2,3-4H3/t22-,23-,24?,28+,29?/m0/s1. The zero-order valence-corrected chi connectivity index (χ0v) is 23.5. The van der Waals surface area contributed by atoms with Gasteiger partial charge in [-0.25, -0.2) is 0 Å². The smallest absolute Gasteiger partial charge is 0.247 e. The molecule has 0 aromatic carbocycles.